The molecule has 1 amide bonds. The van der Waals surface area contributed by atoms with Crippen LogP contribution in [0.5, 0.6) is 0 Å². The third kappa shape index (κ3) is 5.69. The Hall–Kier alpha value is -0.100. The molecule has 0 radical (unpaired) electrons. The number of amides is 1. The fourth-order valence-electron chi connectivity index (χ4n) is 2.76. The van der Waals surface area contributed by atoms with Crippen LogP contribution in [0.1, 0.15) is 69.2 Å². The van der Waals surface area contributed by atoms with Crippen molar-refractivity contribution in [2.75, 3.05) is 0 Å². The summed E-state index contributed by atoms with van der Waals surface area (Å²) in [5.74, 6) is 0.193. The van der Waals surface area contributed by atoms with Crippen molar-refractivity contribution < 1.29 is 4.79 Å². The molecule has 0 rings (SSSR count). The Labute approximate surface area is 115 Å². The van der Waals surface area contributed by atoms with Gasteiger partial charge in [-0.25, -0.2) is 0 Å². The van der Waals surface area contributed by atoms with Gasteiger partial charge in [0.15, 0.2) is 0 Å². The number of carbonyl (C=O) groups excluding carboxylic acids is 1. The van der Waals surface area contributed by atoms with Gasteiger partial charge in [-0.2, -0.15) is 0 Å². The van der Waals surface area contributed by atoms with E-state index in [9.17, 15) is 4.79 Å². The summed E-state index contributed by atoms with van der Waals surface area (Å²) in [6, 6.07) is 0. The van der Waals surface area contributed by atoms with Crippen molar-refractivity contribution in [3.8, 4) is 0 Å². The molecule has 108 valence electrons. The number of hydrogen-bond acceptors (Lipinski definition) is 1. The normalized spacial score (nSPS) is 15.7. The molecule has 0 fully saturated rings. The first-order chi connectivity index (χ1) is 7.66. The van der Waals surface area contributed by atoms with Gasteiger partial charge in [0.05, 0.1) is 5.66 Å². The van der Waals surface area contributed by atoms with E-state index in [1.807, 2.05) is 20.8 Å². The van der Waals surface area contributed by atoms with Gasteiger partial charge in [-0.1, -0.05) is 49.5 Å². The van der Waals surface area contributed by atoms with Crippen LogP contribution in [0.25, 0.3) is 0 Å². The molecule has 0 aliphatic rings. The van der Waals surface area contributed by atoms with E-state index in [0.717, 1.165) is 0 Å². The SMILES string of the molecule is CC(C(=O)NC(C)(C)C)P(C(C)(C)C)C(C)(C)C. The van der Waals surface area contributed by atoms with Crippen LogP contribution in [0.15, 0.2) is 0 Å². The Morgan fingerprint density at radius 2 is 1.22 bits per heavy atom. The fourth-order valence-corrected chi connectivity index (χ4v) is 7.39. The van der Waals surface area contributed by atoms with Crippen LogP contribution in [0.3, 0.4) is 0 Å². The van der Waals surface area contributed by atoms with E-state index in [0.29, 0.717) is 0 Å². The molecule has 0 saturated carbocycles. The van der Waals surface area contributed by atoms with Gasteiger partial charge in [-0.3, -0.25) is 4.79 Å². The predicted octanol–water partition coefficient (Wildman–Crippen LogP) is 4.37. The molecule has 18 heavy (non-hydrogen) atoms. The van der Waals surface area contributed by atoms with Gasteiger partial charge >= 0.3 is 0 Å². The highest BCUT2D eigenvalue weighted by Crippen LogP contribution is 2.62. The lowest BCUT2D eigenvalue weighted by molar-refractivity contribution is -0.121. The largest absolute Gasteiger partial charge is 0.351 e. The molecule has 0 spiro atoms. The van der Waals surface area contributed by atoms with E-state index in [1.165, 1.54) is 0 Å². The summed E-state index contributed by atoms with van der Waals surface area (Å²) in [5, 5.41) is 3.49. The maximum Gasteiger partial charge on any atom is 0.227 e. The minimum Gasteiger partial charge on any atom is -0.351 e. The molecule has 1 N–H and O–H groups in total. The first-order valence-electron chi connectivity index (χ1n) is 6.78. The Morgan fingerprint density at radius 1 is 0.889 bits per heavy atom. The maximum atomic E-state index is 12.4. The molecule has 0 aliphatic carbocycles. The van der Waals surface area contributed by atoms with Crippen LogP contribution in [0.4, 0.5) is 0 Å². The third-order valence-electron chi connectivity index (χ3n) is 2.71. The van der Waals surface area contributed by atoms with Crippen molar-refractivity contribution in [2.24, 2.45) is 0 Å². The molecule has 2 nitrogen and oxygen atoms in total. The summed E-state index contributed by atoms with van der Waals surface area (Å²) in [5.41, 5.74) is -0.0681. The molecule has 0 aromatic carbocycles. The molecular formula is C15H32NOP. The number of carbonyl (C=O) groups is 1. The molecule has 0 aromatic rings. The predicted molar refractivity (Wildman–Crippen MR) is 83.8 cm³/mol. The fraction of sp³-hybridized carbons (Fsp3) is 0.933. The lowest BCUT2D eigenvalue weighted by atomic mass is 10.1. The van der Waals surface area contributed by atoms with E-state index in [2.05, 4.69) is 53.8 Å². The van der Waals surface area contributed by atoms with Crippen LogP contribution >= 0.6 is 7.92 Å². The van der Waals surface area contributed by atoms with E-state index < -0.39 is 7.92 Å². The molecule has 0 saturated heterocycles. The summed E-state index contributed by atoms with van der Waals surface area (Å²) in [6.45, 7) is 21.7. The molecule has 0 aliphatic heterocycles. The van der Waals surface area contributed by atoms with Gasteiger partial charge in [-0.15, -0.1) is 0 Å². The Kier molecular flexibility index (Phi) is 5.46. The highest BCUT2D eigenvalue weighted by molar-refractivity contribution is 7.62. The zero-order valence-corrected chi connectivity index (χ0v) is 14.8. The van der Waals surface area contributed by atoms with Crippen molar-refractivity contribution in [2.45, 2.75) is 90.7 Å². The van der Waals surface area contributed by atoms with Crippen molar-refractivity contribution >= 4 is 13.8 Å². The molecule has 1 atom stereocenters. The lowest BCUT2D eigenvalue weighted by Crippen LogP contribution is -2.47. The molecule has 0 bridgehead atoms. The third-order valence-corrected chi connectivity index (χ3v) is 6.61. The summed E-state index contributed by atoms with van der Waals surface area (Å²) in [4.78, 5) is 12.4. The standard InChI is InChI=1S/C15H32NOP/c1-11(12(17)16-13(2,3)4)18(14(5,6)7)15(8,9)10/h11H,1-10H3,(H,16,17). The Bertz CT molecular complexity index is 277. The molecule has 0 heterocycles. The molecular weight excluding hydrogens is 241 g/mol. The summed E-state index contributed by atoms with van der Waals surface area (Å²) in [7, 11) is -0.408. The van der Waals surface area contributed by atoms with Gasteiger partial charge in [0.2, 0.25) is 5.91 Å². The summed E-state index contributed by atoms with van der Waals surface area (Å²) >= 11 is 0. The van der Waals surface area contributed by atoms with Crippen molar-refractivity contribution in [3.05, 3.63) is 0 Å². The minimum absolute atomic E-state index is 0.0826. The second kappa shape index (κ2) is 5.49. The zero-order chi connectivity index (χ0) is 14.9. The van der Waals surface area contributed by atoms with Gasteiger partial charge in [0, 0.05) is 5.54 Å². The van der Waals surface area contributed by atoms with Crippen LogP contribution in [-0.4, -0.2) is 27.4 Å². The highest BCUT2D eigenvalue weighted by atomic mass is 31.1. The van der Waals surface area contributed by atoms with Crippen LogP contribution in [0, 0.1) is 0 Å². The van der Waals surface area contributed by atoms with Gasteiger partial charge < -0.3 is 5.32 Å². The van der Waals surface area contributed by atoms with Crippen molar-refractivity contribution in [1.82, 2.24) is 5.32 Å². The average molecular weight is 273 g/mol. The smallest absolute Gasteiger partial charge is 0.227 e. The van der Waals surface area contributed by atoms with Crippen LogP contribution in [-0.2, 0) is 4.79 Å². The van der Waals surface area contributed by atoms with Gasteiger partial charge in [0.25, 0.3) is 0 Å². The summed E-state index contributed by atoms with van der Waals surface area (Å²) in [6.07, 6.45) is 0. The molecule has 1 unspecified atom stereocenters. The van der Waals surface area contributed by atoms with Crippen molar-refractivity contribution in [3.63, 3.8) is 0 Å². The van der Waals surface area contributed by atoms with Gasteiger partial charge in [-0.05, 0) is 38.0 Å². The Morgan fingerprint density at radius 3 is 1.44 bits per heavy atom. The van der Waals surface area contributed by atoms with E-state index in [-0.39, 0.29) is 27.4 Å². The molecule has 0 aromatic heterocycles. The second-order valence-corrected chi connectivity index (χ2v) is 12.3. The number of rotatable bonds is 2. The molecule has 3 heteroatoms. The van der Waals surface area contributed by atoms with Crippen LogP contribution in [0.2, 0.25) is 0 Å². The number of hydrogen-bond donors (Lipinski definition) is 1. The summed E-state index contributed by atoms with van der Waals surface area (Å²) < 4.78 is 0. The van der Waals surface area contributed by atoms with E-state index in [4.69, 9.17) is 0 Å². The zero-order valence-electron chi connectivity index (χ0n) is 13.9. The quantitative estimate of drug-likeness (QED) is 0.744. The second-order valence-electron chi connectivity index (χ2n) is 8.13. The van der Waals surface area contributed by atoms with E-state index >= 15 is 0 Å². The topological polar surface area (TPSA) is 29.1 Å². The van der Waals surface area contributed by atoms with Crippen LogP contribution < -0.4 is 5.32 Å². The highest BCUT2D eigenvalue weighted by Gasteiger charge is 2.41. The van der Waals surface area contributed by atoms with Crippen molar-refractivity contribution in [1.29, 1.82) is 0 Å². The minimum atomic E-state index is -0.408. The maximum absolute atomic E-state index is 12.4. The Balaban J connectivity index is 5.12. The monoisotopic (exact) mass is 273 g/mol. The first kappa shape index (κ1) is 17.9. The first-order valence-corrected chi connectivity index (χ1v) is 8.19. The lowest BCUT2D eigenvalue weighted by Gasteiger charge is -2.45. The average Bonchev–Trinajstić information content (AvgIpc) is 1.93. The van der Waals surface area contributed by atoms with Gasteiger partial charge in [0.1, 0.15) is 0 Å². The number of nitrogens with one attached hydrogen (secondary N) is 1. The van der Waals surface area contributed by atoms with E-state index in [1.54, 1.807) is 0 Å².